The van der Waals surface area contributed by atoms with Crippen molar-refractivity contribution in [3.8, 4) is 0 Å². The summed E-state index contributed by atoms with van der Waals surface area (Å²) in [6.07, 6.45) is 6.79. The van der Waals surface area contributed by atoms with Gasteiger partial charge >= 0.3 is 0 Å². The Morgan fingerprint density at radius 3 is 2.91 bits per heavy atom. The van der Waals surface area contributed by atoms with E-state index >= 15 is 0 Å². The Kier molecular flexibility index (Phi) is 4.23. The molecule has 1 aromatic carbocycles. The molecule has 3 rings (SSSR count). The minimum absolute atomic E-state index is 0.245. The first-order valence-electron chi connectivity index (χ1n) is 8.37. The van der Waals surface area contributed by atoms with Crippen molar-refractivity contribution in [2.24, 2.45) is 0 Å². The third-order valence-corrected chi connectivity index (χ3v) is 4.85. The summed E-state index contributed by atoms with van der Waals surface area (Å²) < 4.78 is 5.68. The fourth-order valence-electron chi connectivity index (χ4n) is 3.77. The minimum atomic E-state index is 0.245. The number of nitrogens with zero attached hydrogens (tertiary/aromatic N) is 1. The highest BCUT2D eigenvalue weighted by molar-refractivity contribution is 5.90. The molecule has 0 saturated carbocycles. The number of carbonyl (C=O) groups is 1. The van der Waals surface area contributed by atoms with Gasteiger partial charge in [0, 0.05) is 23.5 Å². The molecule has 1 saturated heterocycles. The van der Waals surface area contributed by atoms with Gasteiger partial charge in [-0.2, -0.15) is 0 Å². The highest BCUT2D eigenvalue weighted by Crippen LogP contribution is 2.28. The van der Waals surface area contributed by atoms with Crippen molar-refractivity contribution >= 4 is 16.9 Å². The van der Waals surface area contributed by atoms with Crippen LogP contribution in [0.2, 0.25) is 0 Å². The number of rotatable bonds is 3. The number of likely N-dealkylation sites (tertiary alicyclic amines) is 1. The lowest BCUT2D eigenvalue weighted by Gasteiger charge is -2.35. The van der Waals surface area contributed by atoms with E-state index in [0.717, 1.165) is 42.3 Å². The van der Waals surface area contributed by atoms with E-state index in [2.05, 4.69) is 31.7 Å². The Hall–Kier alpha value is -1.77. The molecule has 3 heteroatoms. The van der Waals surface area contributed by atoms with Crippen LogP contribution in [0.15, 0.2) is 22.8 Å². The number of furan rings is 1. The van der Waals surface area contributed by atoms with Gasteiger partial charge in [0.25, 0.3) is 0 Å². The molecule has 1 aromatic heterocycles. The first kappa shape index (κ1) is 15.1. The number of aryl methyl sites for hydroxylation is 2. The van der Waals surface area contributed by atoms with Crippen LogP contribution in [0.1, 0.15) is 49.3 Å². The van der Waals surface area contributed by atoms with Crippen molar-refractivity contribution in [2.75, 3.05) is 6.54 Å². The largest absolute Gasteiger partial charge is 0.464 e. The van der Waals surface area contributed by atoms with Gasteiger partial charge in [-0.25, -0.2) is 0 Å². The Bertz CT molecular complexity index is 686. The van der Waals surface area contributed by atoms with Crippen molar-refractivity contribution in [3.63, 3.8) is 0 Å². The minimum Gasteiger partial charge on any atom is -0.464 e. The summed E-state index contributed by atoms with van der Waals surface area (Å²) in [5.74, 6) is 0.245. The zero-order chi connectivity index (χ0) is 15.7. The summed E-state index contributed by atoms with van der Waals surface area (Å²) in [6, 6.07) is 4.62. The van der Waals surface area contributed by atoms with Crippen molar-refractivity contribution in [1.29, 1.82) is 0 Å². The van der Waals surface area contributed by atoms with Gasteiger partial charge in [-0.15, -0.1) is 0 Å². The molecule has 1 atom stereocenters. The fraction of sp³-hybridized carbons (Fsp3) is 0.526. The Labute approximate surface area is 132 Å². The second kappa shape index (κ2) is 6.15. The van der Waals surface area contributed by atoms with Gasteiger partial charge in [0.15, 0.2) is 0 Å². The van der Waals surface area contributed by atoms with E-state index in [1.807, 2.05) is 6.07 Å². The molecule has 1 fully saturated rings. The van der Waals surface area contributed by atoms with Gasteiger partial charge in [0.1, 0.15) is 5.58 Å². The standard InChI is InChI=1S/C19H25NO2/c1-4-16-7-5-6-8-20(16)18(21)11-15-12-22-17-10-13(2)9-14(3)19(15)17/h9-10,12,16H,4-8,11H2,1-3H3. The van der Waals surface area contributed by atoms with E-state index < -0.39 is 0 Å². The second-order valence-electron chi connectivity index (χ2n) is 6.54. The molecule has 1 aliphatic heterocycles. The van der Waals surface area contributed by atoms with E-state index in [-0.39, 0.29) is 5.91 Å². The quantitative estimate of drug-likeness (QED) is 0.842. The Morgan fingerprint density at radius 2 is 2.14 bits per heavy atom. The van der Waals surface area contributed by atoms with Gasteiger partial charge in [0.05, 0.1) is 12.7 Å². The van der Waals surface area contributed by atoms with E-state index in [9.17, 15) is 4.79 Å². The van der Waals surface area contributed by atoms with E-state index in [0.29, 0.717) is 12.5 Å². The first-order valence-corrected chi connectivity index (χ1v) is 8.37. The zero-order valence-electron chi connectivity index (χ0n) is 13.8. The number of hydrogen-bond acceptors (Lipinski definition) is 2. The van der Waals surface area contributed by atoms with E-state index in [1.165, 1.54) is 17.5 Å². The van der Waals surface area contributed by atoms with Crippen LogP contribution in [0.4, 0.5) is 0 Å². The maximum Gasteiger partial charge on any atom is 0.227 e. The topological polar surface area (TPSA) is 33.5 Å². The molecule has 1 aliphatic rings. The number of carbonyl (C=O) groups excluding carboxylic acids is 1. The molecule has 118 valence electrons. The molecule has 2 aromatic rings. The van der Waals surface area contributed by atoms with Crippen LogP contribution in [0, 0.1) is 13.8 Å². The van der Waals surface area contributed by atoms with Gasteiger partial charge in [-0.3, -0.25) is 4.79 Å². The predicted molar refractivity (Wildman–Crippen MR) is 89.0 cm³/mol. The van der Waals surface area contributed by atoms with Crippen LogP contribution in [-0.2, 0) is 11.2 Å². The SMILES string of the molecule is CCC1CCCCN1C(=O)Cc1coc2cc(C)cc(C)c12. The molecule has 22 heavy (non-hydrogen) atoms. The van der Waals surface area contributed by atoms with Crippen LogP contribution < -0.4 is 0 Å². The number of benzene rings is 1. The predicted octanol–water partition coefficient (Wildman–Crippen LogP) is 4.38. The Balaban J connectivity index is 1.85. The highest BCUT2D eigenvalue weighted by Gasteiger charge is 2.26. The molecule has 0 radical (unpaired) electrons. The smallest absolute Gasteiger partial charge is 0.227 e. The molecular weight excluding hydrogens is 274 g/mol. The van der Waals surface area contributed by atoms with Crippen LogP contribution in [0.25, 0.3) is 11.0 Å². The lowest BCUT2D eigenvalue weighted by Crippen LogP contribution is -2.44. The van der Waals surface area contributed by atoms with Crippen molar-refractivity contribution in [1.82, 2.24) is 4.90 Å². The van der Waals surface area contributed by atoms with Crippen LogP contribution in [0.3, 0.4) is 0 Å². The van der Waals surface area contributed by atoms with Gasteiger partial charge in [-0.1, -0.05) is 13.0 Å². The summed E-state index contributed by atoms with van der Waals surface area (Å²) in [4.78, 5) is 14.8. The van der Waals surface area contributed by atoms with Gasteiger partial charge in [-0.05, 0) is 56.7 Å². The molecule has 0 N–H and O–H groups in total. The maximum atomic E-state index is 12.7. The summed E-state index contributed by atoms with van der Waals surface area (Å²) in [5.41, 5.74) is 4.31. The summed E-state index contributed by atoms with van der Waals surface area (Å²) >= 11 is 0. The first-order chi connectivity index (χ1) is 10.6. The van der Waals surface area contributed by atoms with Crippen LogP contribution >= 0.6 is 0 Å². The second-order valence-corrected chi connectivity index (χ2v) is 6.54. The van der Waals surface area contributed by atoms with Gasteiger partial charge in [0.2, 0.25) is 5.91 Å². The third-order valence-electron chi connectivity index (χ3n) is 4.85. The fourth-order valence-corrected chi connectivity index (χ4v) is 3.77. The third kappa shape index (κ3) is 2.77. The number of hydrogen-bond donors (Lipinski definition) is 0. The van der Waals surface area contributed by atoms with Crippen LogP contribution in [0.5, 0.6) is 0 Å². The molecule has 1 unspecified atom stereocenters. The maximum absolute atomic E-state index is 12.7. The summed E-state index contributed by atoms with van der Waals surface area (Å²) in [7, 11) is 0. The normalized spacial score (nSPS) is 18.9. The average Bonchev–Trinajstić information content (AvgIpc) is 2.90. The molecule has 1 amide bonds. The molecule has 0 bridgehead atoms. The lowest BCUT2D eigenvalue weighted by molar-refractivity contribution is -0.134. The van der Waals surface area contributed by atoms with Crippen molar-refractivity contribution in [2.45, 2.75) is 58.9 Å². The molecule has 0 spiro atoms. The van der Waals surface area contributed by atoms with Gasteiger partial charge < -0.3 is 9.32 Å². The lowest BCUT2D eigenvalue weighted by atomic mass is 9.98. The van der Waals surface area contributed by atoms with E-state index in [4.69, 9.17) is 4.42 Å². The Morgan fingerprint density at radius 1 is 1.32 bits per heavy atom. The summed E-state index contributed by atoms with van der Waals surface area (Å²) in [6.45, 7) is 7.25. The molecular formula is C19H25NO2. The average molecular weight is 299 g/mol. The molecule has 0 aliphatic carbocycles. The van der Waals surface area contributed by atoms with Crippen molar-refractivity contribution < 1.29 is 9.21 Å². The number of amides is 1. The molecule has 2 heterocycles. The number of piperidine rings is 1. The van der Waals surface area contributed by atoms with Crippen molar-refractivity contribution in [3.05, 3.63) is 35.1 Å². The highest BCUT2D eigenvalue weighted by atomic mass is 16.3. The zero-order valence-corrected chi connectivity index (χ0v) is 13.8. The summed E-state index contributed by atoms with van der Waals surface area (Å²) in [5, 5.41) is 1.11. The molecule has 3 nitrogen and oxygen atoms in total. The monoisotopic (exact) mass is 299 g/mol. The van der Waals surface area contributed by atoms with E-state index in [1.54, 1.807) is 6.26 Å². The number of fused-ring (bicyclic) bond motifs is 1. The van der Waals surface area contributed by atoms with Crippen LogP contribution in [-0.4, -0.2) is 23.4 Å².